The monoisotopic (exact) mass is 305 g/mol. The molecule has 22 heavy (non-hydrogen) atoms. The number of hydrogen-bond donors (Lipinski definition) is 2. The number of ether oxygens (including phenoxy) is 1. The molecule has 0 radical (unpaired) electrons. The third-order valence-corrected chi connectivity index (χ3v) is 3.75. The molecule has 0 aliphatic carbocycles. The third-order valence-electron chi connectivity index (χ3n) is 3.75. The maximum atomic E-state index is 13.9. The lowest BCUT2D eigenvalue weighted by molar-refractivity contribution is -0.120. The number of benzene rings is 1. The van der Waals surface area contributed by atoms with Crippen LogP contribution in [0.1, 0.15) is 16.9 Å². The molecule has 0 bridgehead atoms. The maximum absolute atomic E-state index is 13.9. The first kappa shape index (κ1) is 14.4. The first-order valence-corrected chi connectivity index (χ1v) is 7.01. The molecular formula is C15H16FN3O3. The predicted octanol–water partition coefficient (Wildman–Crippen LogP) is 1.28. The van der Waals surface area contributed by atoms with Gasteiger partial charge in [0.1, 0.15) is 17.3 Å². The Balaban J connectivity index is 1.94. The highest BCUT2D eigenvalue weighted by Gasteiger charge is 2.22. The fourth-order valence-corrected chi connectivity index (χ4v) is 2.59. The summed E-state index contributed by atoms with van der Waals surface area (Å²) in [6, 6.07) is 4.40. The van der Waals surface area contributed by atoms with E-state index in [0.29, 0.717) is 30.8 Å². The number of hydrogen-bond acceptors (Lipinski definition) is 3. The molecule has 116 valence electrons. The molecule has 1 aliphatic rings. The van der Waals surface area contributed by atoms with Crippen molar-refractivity contribution >= 4 is 22.7 Å². The van der Waals surface area contributed by atoms with Gasteiger partial charge in [0.15, 0.2) is 0 Å². The third kappa shape index (κ3) is 2.49. The second kappa shape index (κ2) is 5.67. The highest BCUT2D eigenvalue weighted by Crippen LogP contribution is 2.28. The lowest BCUT2D eigenvalue weighted by atomic mass is 10.2. The molecule has 0 saturated carbocycles. The number of nitrogens with zero attached hydrogens (tertiary/aromatic N) is 1. The van der Waals surface area contributed by atoms with Gasteiger partial charge in [-0.2, -0.15) is 0 Å². The quantitative estimate of drug-likeness (QED) is 0.877. The zero-order valence-electron chi connectivity index (χ0n) is 12.1. The number of aromatic amines is 1. The van der Waals surface area contributed by atoms with E-state index in [1.807, 2.05) is 0 Å². The van der Waals surface area contributed by atoms with Crippen LogP contribution in [0.5, 0.6) is 5.75 Å². The molecule has 1 aromatic carbocycles. The molecule has 3 rings (SSSR count). The van der Waals surface area contributed by atoms with Crippen molar-refractivity contribution in [2.45, 2.75) is 6.42 Å². The summed E-state index contributed by atoms with van der Waals surface area (Å²) in [7, 11) is 1.49. The van der Waals surface area contributed by atoms with E-state index < -0.39 is 5.82 Å². The van der Waals surface area contributed by atoms with Gasteiger partial charge in [0.25, 0.3) is 5.91 Å². The lowest BCUT2D eigenvalue weighted by Gasteiger charge is -2.18. The zero-order chi connectivity index (χ0) is 15.7. The van der Waals surface area contributed by atoms with Crippen LogP contribution in [-0.4, -0.2) is 48.4 Å². The first-order chi connectivity index (χ1) is 10.6. The van der Waals surface area contributed by atoms with Crippen LogP contribution in [0.2, 0.25) is 0 Å². The molecule has 1 fully saturated rings. The molecule has 2 amide bonds. The predicted molar refractivity (Wildman–Crippen MR) is 78.3 cm³/mol. The molecule has 2 N–H and O–H groups in total. The van der Waals surface area contributed by atoms with Crippen molar-refractivity contribution in [2.75, 3.05) is 26.7 Å². The van der Waals surface area contributed by atoms with E-state index in [0.717, 1.165) is 0 Å². The van der Waals surface area contributed by atoms with Crippen LogP contribution in [0.15, 0.2) is 18.2 Å². The number of amides is 2. The van der Waals surface area contributed by atoms with Gasteiger partial charge in [-0.05, 0) is 18.2 Å². The van der Waals surface area contributed by atoms with Gasteiger partial charge >= 0.3 is 0 Å². The van der Waals surface area contributed by atoms with E-state index in [9.17, 15) is 14.0 Å². The van der Waals surface area contributed by atoms with Crippen molar-refractivity contribution < 1.29 is 18.7 Å². The van der Waals surface area contributed by atoms with Gasteiger partial charge in [0.05, 0.1) is 12.6 Å². The fourth-order valence-electron chi connectivity index (χ4n) is 2.59. The van der Waals surface area contributed by atoms with Crippen LogP contribution in [0.25, 0.3) is 10.9 Å². The summed E-state index contributed by atoms with van der Waals surface area (Å²) in [5.74, 6) is -0.268. The maximum Gasteiger partial charge on any atom is 0.270 e. The number of rotatable bonds is 2. The van der Waals surface area contributed by atoms with Gasteiger partial charge in [0.2, 0.25) is 5.91 Å². The van der Waals surface area contributed by atoms with Crippen molar-refractivity contribution in [1.29, 1.82) is 0 Å². The van der Waals surface area contributed by atoms with Gasteiger partial charge in [-0.15, -0.1) is 0 Å². The van der Waals surface area contributed by atoms with Crippen LogP contribution < -0.4 is 10.1 Å². The number of halogens is 1. The summed E-state index contributed by atoms with van der Waals surface area (Å²) in [5.41, 5.74) is 0.527. The molecule has 7 heteroatoms. The summed E-state index contributed by atoms with van der Waals surface area (Å²) in [6.07, 6.45) is 0.268. The fraction of sp³-hybridized carbons (Fsp3) is 0.333. The largest absolute Gasteiger partial charge is 0.496 e. The SMILES string of the molecule is COc1ccc(F)c2[nH]c(C(=O)N3CCNC(=O)CC3)cc12. The Bertz CT molecular complexity index is 741. The standard InChI is InChI=1S/C15H16FN3O3/c1-22-12-3-2-10(16)14-9(12)8-11(18-14)15(21)19-6-4-13(20)17-5-7-19/h2-3,8,18H,4-7H2,1H3,(H,17,20). The molecule has 1 aliphatic heterocycles. The second-order valence-electron chi connectivity index (χ2n) is 5.11. The van der Waals surface area contributed by atoms with Crippen molar-refractivity contribution in [3.63, 3.8) is 0 Å². The Morgan fingerprint density at radius 1 is 1.36 bits per heavy atom. The lowest BCUT2D eigenvalue weighted by Crippen LogP contribution is -2.34. The Kier molecular flexibility index (Phi) is 3.70. The van der Waals surface area contributed by atoms with Gasteiger partial charge in [-0.25, -0.2) is 4.39 Å². The van der Waals surface area contributed by atoms with Crippen molar-refractivity contribution in [1.82, 2.24) is 15.2 Å². The van der Waals surface area contributed by atoms with Gasteiger partial charge in [0, 0.05) is 31.4 Å². The van der Waals surface area contributed by atoms with E-state index in [4.69, 9.17) is 4.74 Å². The van der Waals surface area contributed by atoms with E-state index in [-0.39, 0.29) is 29.4 Å². The Hall–Kier alpha value is -2.57. The Morgan fingerprint density at radius 3 is 2.95 bits per heavy atom. The molecule has 0 unspecified atom stereocenters. The molecule has 1 aromatic heterocycles. The minimum absolute atomic E-state index is 0.0698. The summed E-state index contributed by atoms with van der Waals surface area (Å²) < 4.78 is 19.1. The minimum atomic E-state index is -0.442. The summed E-state index contributed by atoms with van der Waals surface area (Å²) >= 11 is 0. The number of fused-ring (bicyclic) bond motifs is 1. The van der Waals surface area contributed by atoms with Crippen molar-refractivity contribution in [3.05, 3.63) is 29.7 Å². The first-order valence-electron chi connectivity index (χ1n) is 7.01. The van der Waals surface area contributed by atoms with Gasteiger partial charge in [-0.1, -0.05) is 0 Å². The average molecular weight is 305 g/mol. The summed E-state index contributed by atoms with van der Waals surface area (Å²) in [4.78, 5) is 28.3. The number of methoxy groups -OCH3 is 1. The van der Waals surface area contributed by atoms with Crippen LogP contribution >= 0.6 is 0 Å². The molecule has 0 atom stereocenters. The van der Waals surface area contributed by atoms with E-state index in [2.05, 4.69) is 10.3 Å². The van der Waals surface area contributed by atoms with Gasteiger partial charge < -0.3 is 19.9 Å². The highest BCUT2D eigenvalue weighted by atomic mass is 19.1. The number of nitrogens with one attached hydrogen (secondary N) is 2. The van der Waals surface area contributed by atoms with E-state index >= 15 is 0 Å². The molecule has 6 nitrogen and oxygen atoms in total. The number of H-pyrrole nitrogens is 1. The highest BCUT2D eigenvalue weighted by molar-refractivity contribution is 6.00. The van der Waals surface area contributed by atoms with E-state index in [1.165, 1.54) is 19.2 Å². The molecule has 2 aromatic rings. The zero-order valence-corrected chi connectivity index (χ0v) is 12.1. The summed E-state index contributed by atoms with van der Waals surface area (Å²) in [6.45, 7) is 1.20. The van der Waals surface area contributed by atoms with Crippen LogP contribution in [0.3, 0.4) is 0 Å². The summed E-state index contributed by atoms with van der Waals surface area (Å²) in [5, 5.41) is 3.23. The molecular weight excluding hydrogens is 289 g/mol. The minimum Gasteiger partial charge on any atom is -0.496 e. The molecule has 2 heterocycles. The second-order valence-corrected chi connectivity index (χ2v) is 5.11. The van der Waals surface area contributed by atoms with E-state index in [1.54, 1.807) is 11.0 Å². The topological polar surface area (TPSA) is 74.4 Å². The van der Waals surface area contributed by atoms with Crippen molar-refractivity contribution in [2.24, 2.45) is 0 Å². The number of aromatic nitrogens is 1. The average Bonchev–Trinajstić information content (AvgIpc) is 2.85. The van der Waals surface area contributed by atoms with Crippen LogP contribution in [-0.2, 0) is 4.79 Å². The van der Waals surface area contributed by atoms with Crippen molar-refractivity contribution in [3.8, 4) is 5.75 Å². The Labute approximate surface area is 126 Å². The number of carbonyl (C=O) groups is 2. The Morgan fingerprint density at radius 2 is 2.18 bits per heavy atom. The van der Waals surface area contributed by atoms with Crippen LogP contribution in [0.4, 0.5) is 4.39 Å². The van der Waals surface area contributed by atoms with Crippen LogP contribution in [0, 0.1) is 5.82 Å². The smallest absolute Gasteiger partial charge is 0.270 e. The normalized spacial score (nSPS) is 15.5. The molecule has 1 saturated heterocycles. The van der Waals surface area contributed by atoms with Gasteiger partial charge in [-0.3, -0.25) is 9.59 Å². The molecule has 0 spiro atoms. The number of carbonyl (C=O) groups excluding carboxylic acids is 2.